The Morgan fingerprint density at radius 3 is 2.62 bits per heavy atom. The second-order valence-corrected chi connectivity index (χ2v) is 8.71. The molecule has 3 rings (SSSR count). The van der Waals surface area contributed by atoms with Crippen LogP contribution in [0.2, 0.25) is 5.02 Å². The van der Waals surface area contributed by atoms with Crippen LogP contribution in [0.4, 0.5) is 13.2 Å². The number of alkyl halides is 3. The quantitative estimate of drug-likeness (QED) is 0.353. The number of halogens is 4. The molecule has 1 amide bonds. The highest BCUT2D eigenvalue weighted by Crippen LogP contribution is 2.35. The second kappa shape index (κ2) is 10.5. The Hall–Kier alpha value is -2.94. The SMILES string of the molecule is Cc1ccc(C(C)C)c(OCc2ccc(C(=O)NCCCn3nc(C(F)(F)F)c(Cl)c3C)o2)c1. The molecule has 1 aromatic carbocycles. The van der Waals surface area contributed by atoms with Crippen LogP contribution < -0.4 is 10.1 Å². The van der Waals surface area contributed by atoms with Crippen molar-refractivity contribution in [2.24, 2.45) is 0 Å². The maximum Gasteiger partial charge on any atom is 0.436 e. The van der Waals surface area contributed by atoms with Gasteiger partial charge in [-0.15, -0.1) is 0 Å². The summed E-state index contributed by atoms with van der Waals surface area (Å²) in [5, 5.41) is 5.82. The molecule has 0 unspecified atom stereocenters. The van der Waals surface area contributed by atoms with Gasteiger partial charge in [-0.05, 0) is 55.5 Å². The van der Waals surface area contributed by atoms with Gasteiger partial charge in [0.25, 0.3) is 5.91 Å². The number of nitrogens with one attached hydrogen (secondary N) is 1. The number of furan rings is 1. The number of carbonyl (C=O) groups is 1. The molecule has 1 N–H and O–H groups in total. The molecule has 0 atom stereocenters. The van der Waals surface area contributed by atoms with Crippen LogP contribution in [0.25, 0.3) is 0 Å². The Morgan fingerprint density at radius 1 is 1.24 bits per heavy atom. The Kier molecular flexibility index (Phi) is 7.97. The number of aromatic nitrogens is 2. The topological polar surface area (TPSA) is 69.3 Å². The maximum atomic E-state index is 12.9. The normalized spacial score (nSPS) is 11.8. The Balaban J connectivity index is 1.51. The first-order valence-corrected chi connectivity index (χ1v) is 11.3. The number of amides is 1. The number of carbonyl (C=O) groups excluding carboxylic acids is 1. The molecule has 0 aliphatic carbocycles. The Labute approximate surface area is 201 Å². The zero-order chi connectivity index (χ0) is 25.0. The minimum absolute atomic E-state index is 0.129. The van der Waals surface area contributed by atoms with E-state index in [2.05, 4.69) is 24.3 Å². The van der Waals surface area contributed by atoms with Crippen LogP contribution in [0.15, 0.2) is 34.7 Å². The minimum atomic E-state index is -4.61. The third kappa shape index (κ3) is 6.14. The fourth-order valence-electron chi connectivity index (χ4n) is 3.41. The van der Waals surface area contributed by atoms with Gasteiger partial charge in [-0.25, -0.2) is 0 Å². The van der Waals surface area contributed by atoms with Crippen molar-refractivity contribution in [2.45, 2.75) is 59.4 Å². The van der Waals surface area contributed by atoms with Crippen LogP contribution >= 0.6 is 11.6 Å². The molecular formula is C24H27ClF3N3O3. The van der Waals surface area contributed by atoms with Crippen LogP contribution in [0.5, 0.6) is 5.75 Å². The lowest BCUT2D eigenvalue weighted by molar-refractivity contribution is -0.141. The Morgan fingerprint density at radius 2 is 1.97 bits per heavy atom. The molecule has 0 bridgehead atoms. The van der Waals surface area contributed by atoms with E-state index >= 15 is 0 Å². The molecule has 0 saturated carbocycles. The molecule has 6 nitrogen and oxygen atoms in total. The van der Waals surface area contributed by atoms with Gasteiger partial charge in [-0.3, -0.25) is 9.48 Å². The first kappa shape index (κ1) is 25.7. The number of hydrogen-bond donors (Lipinski definition) is 1. The zero-order valence-corrected chi connectivity index (χ0v) is 20.2. The molecule has 184 valence electrons. The Bertz CT molecular complexity index is 1150. The predicted octanol–water partition coefficient (Wildman–Crippen LogP) is 6.29. The molecule has 0 spiro atoms. The lowest BCUT2D eigenvalue weighted by Crippen LogP contribution is -2.25. The summed E-state index contributed by atoms with van der Waals surface area (Å²) in [7, 11) is 0. The monoisotopic (exact) mass is 497 g/mol. The molecule has 2 heterocycles. The summed E-state index contributed by atoms with van der Waals surface area (Å²) in [5.41, 5.74) is 1.30. The summed E-state index contributed by atoms with van der Waals surface area (Å²) in [6.07, 6.45) is -4.25. The van der Waals surface area contributed by atoms with Crippen molar-refractivity contribution in [1.29, 1.82) is 0 Å². The number of nitrogens with zero attached hydrogens (tertiary/aromatic N) is 2. The van der Waals surface area contributed by atoms with E-state index in [-0.39, 0.29) is 31.2 Å². The van der Waals surface area contributed by atoms with Crippen LogP contribution in [-0.4, -0.2) is 22.2 Å². The van der Waals surface area contributed by atoms with Gasteiger partial charge in [0, 0.05) is 13.1 Å². The minimum Gasteiger partial charge on any atom is -0.485 e. The molecule has 0 aliphatic heterocycles. The molecule has 34 heavy (non-hydrogen) atoms. The van der Waals surface area contributed by atoms with Gasteiger partial charge in [-0.1, -0.05) is 37.6 Å². The average molecular weight is 498 g/mol. The standard InChI is InChI=1S/C24H27ClF3N3O3/c1-14(2)18-8-6-15(3)12-20(18)33-13-17-7-9-19(34-17)23(32)29-10-5-11-31-16(4)21(25)22(30-31)24(26,27)28/h6-9,12,14H,5,10-11,13H2,1-4H3,(H,29,32). The lowest BCUT2D eigenvalue weighted by Gasteiger charge is -2.14. The highest BCUT2D eigenvalue weighted by Gasteiger charge is 2.38. The van der Waals surface area contributed by atoms with Gasteiger partial charge in [0.2, 0.25) is 0 Å². The van der Waals surface area contributed by atoms with Crippen molar-refractivity contribution in [3.8, 4) is 5.75 Å². The van der Waals surface area contributed by atoms with Gasteiger partial charge >= 0.3 is 6.18 Å². The van der Waals surface area contributed by atoms with Crippen LogP contribution in [-0.2, 0) is 19.3 Å². The molecule has 0 aliphatic rings. The van der Waals surface area contributed by atoms with E-state index in [0.29, 0.717) is 18.1 Å². The van der Waals surface area contributed by atoms with E-state index in [1.165, 1.54) is 11.6 Å². The smallest absolute Gasteiger partial charge is 0.436 e. The average Bonchev–Trinajstić information content (AvgIpc) is 3.35. The summed E-state index contributed by atoms with van der Waals surface area (Å²) in [5.74, 6) is 1.29. The van der Waals surface area contributed by atoms with Crippen molar-refractivity contribution >= 4 is 17.5 Å². The van der Waals surface area contributed by atoms with E-state index in [1.807, 2.05) is 25.1 Å². The first-order chi connectivity index (χ1) is 16.0. The van der Waals surface area contributed by atoms with Crippen molar-refractivity contribution < 1.29 is 27.1 Å². The molecule has 0 fully saturated rings. The summed E-state index contributed by atoms with van der Waals surface area (Å²) in [6, 6.07) is 9.28. The van der Waals surface area contributed by atoms with Gasteiger partial charge < -0.3 is 14.5 Å². The van der Waals surface area contributed by atoms with Crippen molar-refractivity contribution in [3.63, 3.8) is 0 Å². The highest BCUT2D eigenvalue weighted by atomic mass is 35.5. The second-order valence-electron chi connectivity index (χ2n) is 8.33. The zero-order valence-electron chi connectivity index (χ0n) is 19.4. The fourth-order valence-corrected chi connectivity index (χ4v) is 3.65. The van der Waals surface area contributed by atoms with Crippen LogP contribution in [0, 0.1) is 13.8 Å². The molecule has 0 saturated heterocycles. The molecule has 0 radical (unpaired) electrons. The van der Waals surface area contributed by atoms with E-state index in [9.17, 15) is 18.0 Å². The third-order valence-electron chi connectivity index (χ3n) is 5.28. The highest BCUT2D eigenvalue weighted by molar-refractivity contribution is 6.31. The lowest BCUT2D eigenvalue weighted by atomic mass is 10.0. The van der Waals surface area contributed by atoms with Crippen molar-refractivity contribution in [2.75, 3.05) is 6.54 Å². The van der Waals surface area contributed by atoms with E-state index in [1.54, 1.807) is 12.1 Å². The largest absolute Gasteiger partial charge is 0.485 e. The van der Waals surface area contributed by atoms with Crippen LogP contribution in [0.1, 0.15) is 65.0 Å². The summed E-state index contributed by atoms with van der Waals surface area (Å²) >= 11 is 5.74. The molecule has 3 aromatic rings. The summed E-state index contributed by atoms with van der Waals surface area (Å²) in [4.78, 5) is 12.4. The van der Waals surface area contributed by atoms with Crippen LogP contribution in [0.3, 0.4) is 0 Å². The predicted molar refractivity (Wildman–Crippen MR) is 122 cm³/mol. The number of benzene rings is 1. The first-order valence-electron chi connectivity index (χ1n) is 10.9. The van der Waals surface area contributed by atoms with Crippen molar-refractivity contribution in [3.05, 3.63) is 69.4 Å². The third-order valence-corrected chi connectivity index (χ3v) is 5.73. The van der Waals surface area contributed by atoms with Crippen molar-refractivity contribution in [1.82, 2.24) is 15.1 Å². The maximum absolute atomic E-state index is 12.9. The fraction of sp³-hybridized carbons (Fsp3) is 0.417. The number of rotatable bonds is 9. The van der Waals surface area contributed by atoms with E-state index in [0.717, 1.165) is 16.9 Å². The summed E-state index contributed by atoms with van der Waals surface area (Å²) < 4.78 is 51.4. The van der Waals surface area contributed by atoms with Gasteiger partial charge in [0.15, 0.2) is 11.5 Å². The molecule has 10 heteroatoms. The number of ether oxygens (including phenoxy) is 1. The molecule has 2 aromatic heterocycles. The van der Waals surface area contributed by atoms with E-state index < -0.39 is 22.8 Å². The number of hydrogen-bond acceptors (Lipinski definition) is 4. The van der Waals surface area contributed by atoms with Gasteiger partial charge in [0.05, 0.1) is 10.7 Å². The van der Waals surface area contributed by atoms with Gasteiger partial charge in [0.1, 0.15) is 18.1 Å². The van der Waals surface area contributed by atoms with Gasteiger partial charge in [-0.2, -0.15) is 18.3 Å². The molecular weight excluding hydrogens is 471 g/mol. The van der Waals surface area contributed by atoms with E-state index in [4.69, 9.17) is 20.8 Å². The summed E-state index contributed by atoms with van der Waals surface area (Å²) in [6.45, 7) is 8.21. The number of aryl methyl sites for hydroxylation is 2.